The molecule has 0 bridgehead atoms. The number of rotatable bonds is 4. The van der Waals surface area contributed by atoms with Crippen LogP contribution in [-0.4, -0.2) is 60.2 Å². The maximum atomic E-state index is 12.1. The van der Waals surface area contributed by atoms with Gasteiger partial charge in [0.25, 0.3) is 0 Å². The zero-order valence-electron chi connectivity index (χ0n) is 13.3. The molecule has 2 heterocycles. The van der Waals surface area contributed by atoms with E-state index < -0.39 is 5.41 Å². The van der Waals surface area contributed by atoms with Gasteiger partial charge >= 0.3 is 0 Å². The smallest absolute Gasteiger partial charge is 0.225 e. The molecule has 2 saturated heterocycles. The average molecular weight is 306 g/mol. The van der Waals surface area contributed by atoms with Gasteiger partial charge in [0.15, 0.2) is 0 Å². The van der Waals surface area contributed by atoms with E-state index in [4.69, 9.17) is 5.26 Å². The lowest BCUT2D eigenvalue weighted by Gasteiger charge is -2.44. The largest absolute Gasteiger partial charge is 0.359 e. The number of likely N-dealkylation sites (tertiary alicyclic amines) is 2. The van der Waals surface area contributed by atoms with Crippen molar-refractivity contribution in [2.45, 2.75) is 32.7 Å². The van der Waals surface area contributed by atoms with Crippen LogP contribution in [-0.2, 0) is 14.4 Å². The number of carbonyl (C=O) groups is 3. The molecule has 2 rings (SSSR count). The first kappa shape index (κ1) is 16.3. The zero-order chi connectivity index (χ0) is 16.5. The second-order valence-corrected chi connectivity index (χ2v) is 6.69. The quantitative estimate of drug-likeness (QED) is 0.774. The Kier molecular flexibility index (Phi) is 4.40. The van der Waals surface area contributed by atoms with Crippen LogP contribution < -0.4 is 5.32 Å². The predicted octanol–water partition coefficient (Wildman–Crippen LogP) is -0.268. The summed E-state index contributed by atoms with van der Waals surface area (Å²) in [6, 6.07) is 2.11. The molecule has 2 aliphatic heterocycles. The first-order chi connectivity index (χ1) is 10.3. The fourth-order valence-corrected chi connectivity index (χ4v) is 2.85. The average Bonchev–Trinajstić information content (AvgIpc) is 2.78. The molecule has 1 unspecified atom stereocenters. The Morgan fingerprint density at radius 2 is 2.00 bits per heavy atom. The molecular weight excluding hydrogens is 284 g/mol. The molecular formula is C15H22N4O3. The summed E-state index contributed by atoms with van der Waals surface area (Å²) in [7, 11) is 1.57. The van der Waals surface area contributed by atoms with E-state index in [1.54, 1.807) is 30.7 Å². The molecule has 2 aliphatic rings. The molecule has 0 radical (unpaired) electrons. The van der Waals surface area contributed by atoms with Crippen LogP contribution in [0.25, 0.3) is 0 Å². The van der Waals surface area contributed by atoms with Gasteiger partial charge < -0.3 is 15.1 Å². The number of nitriles is 1. The molecule has 0 aromatic rings. The number of nitrogens with zero attached hydrogens (tertiary/aromatic N) is 3. The van der Waals surface area contributed by atoms with E-state index in [1.807, 2.05) is 0 Å². The fraction of sp³-hybridized carbons (Fsp3) is 0.733. The van der Waals surface area contributed by atoms with E-state index in [1.165, 1.54) is 0 Å². The summed E-state index contributed by atoms with van der Waals surface area (Å²) in [4.78, 5) is 39.0. The van der Waals surface area contributed by atoms with Gasteiger partial charge in [-0.2, -0.15) is 5.26 Å². The van der Waals surface area contributed by atoms with Crippen LogP contribution >= 0.6 is 0 Å². The number of nitrogens with one attached hydrogen (secondary N) is 1. The Morgan fingerprint density at radius 1 is 1.36 bits per heavy atom. The van der Waals surface area contributed by atoms with Crippen LogP contribution in [0, 0.1) is 22.7 Å². The summed E-state index contributed by atoms with van der Waals surface area (Å²) < 4.78 is 0. The topological polar surface area (TPSA) is 93.5 Å². The van der Waals surface area contributed by atoms with Crippen molar-refractivity contribution in [3.8, 4) is 6.07 Å². The minimum atomic E-state index is -0.671. The number of hydrogen-bond acceptors (Lipinski definition) is 4. The van der Waals surface area contributed by atoms with Crippen molar-refractivity contribution in [3.63, 3.8) is 0 Å². The van der Waals surface area contributed by atoms with Crippen LogP contribution in [0.5, 0.6) is 0 Å². The molecule has 0 aromatic heterocycles. The highest BCUT2D eigenvalue weighted by molar-refractivity contribution is 5.89. The van der Waals surface area contributed by atoms with Crippen LogP contribution in [0.3, 0.4) is 0 Å². The first-order valence-corrected chi connectivity index (χ1v) is 7.47. The molecule has 3 amide bonds. The van der Waals surface area contributed by atoms with E-state index >= 15 is 0 Å². The molecule has 1 atom stereocenters. The van der Waals surface area contributed by atoms with E-state index in [2.05, 4.69) is 11.4 Å². The highest BCUT2D eigenvalue weighted by Crippen LogP contribution is 2.27. The Labute approximate surface area is 130 Å². The van der Waals surface area contributed by atoms with Gasteiger partial charge in [0.1, 0.15) is 0 Å². The molecule has 22 heavy (non-hydrogen) atoms. The maximum Gasteiger partial charge on any atom is 0.225 e. The molecule has 120 valence electrons. The zero-order valence-corrected chi connectivity index (χ0v) is 13.3. The van der Waals surface area contributed by atoms with Crippen LogP contribution in [0.2, 0.25) is 0 Å². The van der Waals surface area contributed by atoms with Crippen LogP contribution in [0.4, 0.5) is 0 Å². The van der Waals surface area contributed by atoms with E-state index in [-0.39, 0.29) is 42.5 Å². The van der Waals surface area contributed by atoms with Gasteiger partial charge in [-0.25, -0.2) is 0 Å². The van der Waals surface area contributed by atoms with Crippen molar-refractivity contribution in [1.82, 2.24) is 15.1 Å². The van der Waals surface area contributed by atoms with Crippen molar-refractivity contribution in [1.29, 1.82) is 5.26 Å². The minimum absolute atomic E-state index is 0.00342. The third kappa shape index (κ3) is 3.21. The summed E-state index contributed by atoms with van der Waals surface area (Å²) >= 11 is 0. The van der Waals surface area contributed by atoms with Gasteiger partial charge in [-0.1, -0.05) is 0 Å². The van der Waals surface area contributed by atoms with Gasteiger partial charge in [0.2, 0.25) is 17.7 Å². The summed E-state index contributed by atoms with van der Waals surface area (Å²) in [5.41, 5.74) is -0.671. The van der Waals surface area contributed by atoms with Gasteiger partial charge in [0.05, 0.1) is 23.4 Å². The Morgan fingerprint density at radius 3 is 2.55 bits per heavy atom. The third-order valence-electron chi connectivity index (χ3n) is 4.33. The van der Waals surface area contributed by atoms with Crippen molar-refractivity contribution in [2.24, 2.45) is 11.3 Å². The number of carbonyl (C=O) groups excluding carboxylic acids is 3. The van der Waals surface area contributed by atoms with Crippen molar-refractivity contribution >= 4 is 17.7 Å². The Balaban J connectivity index is 1.84. The van der Waals surface area contributed by atoms with E-state index in [9.17, 15) is 14.4 Å². The van der Waals surface area contributed by atoms with Crippen LogP contribution in [0.15, 0.2) is 0 Å². The van der Waals surface area contributed by atoms with Gasteiger partial charge in [0, 0.05) is 39.5 Å². The Hall–Kier alpha value is -2.10. The van der Waals surface area contributed by atoms with Gasteiger partial charge in [-0.15, -0.1) is 0 Å². The molecule has 7 nitrogen and oxygen atoms in total. The predicted molar refractivity (Wildman–Crippen MR) is 78.3 cm³/mol. The molecule has 1 N–H and O–H groups in total. The molecule has 0 spiro atoms. The highest BCUT2D eigenvalue weighted by Gasteiger charge is 2.43. The summed E-state index contributed by atoms with van der Waals surface area (Å²) in [5, 5.41) is 11.5. The lowest BCUT2D eigenvalue weighted by Crippen LogP contribution is -2.61. The second kappa shape index (κ2) is 5.95. The second-order valence-electron chi connectivity index (χ2n) is 6.69. The number of amides is 3. The maximum absolute atomic E-state index is 12.1. The first-order valence-electron chi connectivity index (χ1n) is 7.47. The molecule has 7 heteroatoms. The summed E-state index contributed by atoms with van der Waals surface area (Å²) in [6.07, 6.45) is 0.427. The van der Waals surface area contributed by atoms with Gasteiger partial charge in [-0.3, -0.25) is 14.4 Å². The van der Waals surface area contributed by atoms with Crippen molar-refractivity contribution in [2.75, 3.05) is 26.7 Å². The monoisotopic (exact) mass is 306 g/mol. The highest BCUT2D eigenvalue weighted by atomic mass is 16.2. The molecule has 0 aliphatic carbocycles. The minimum Gasteiger partial charge on any atom is -0.359 e. The fourth-order valence-electron chi connectivity index (χ4n) is 2.85. The Bertz CT molecular complexity index is 531. The lowest BCUT2D eigenvalue weighted by molar-refractivity contribution is -0.145. The van der Waals surface area contributed by atoms with Crippen molar-refractivity contribution < 1.29 is 14.4 Å². The third-order valence-corrected chi connectivity index (χ3v) is 4.33. The lowest BCUT2D eigenvalue weighted by atomic mass is 9.90. The normalized spacial score (nSPS) is 22.3. The number of hydrogen-bond donors (Lipinski definition) is 1. The molecule has 0 saturated carbocycles. The standard InChI is InChI=1S/C15H22N4O3/c1-15(2,9-16)5-13(21)18-7-11(8-18)19-6-10(4-12(19)20)14(22)17-3/h10-11H,4-8H2,1-3H3,(H,17,22). The summed E-state index contributed by atoms with van der Waals surface area (Å²) in [5.74, 6) is -0.487. The van der Waals surface area contributed by atoms with E-state index in [0.29, 0.717) is 19.6 Å². The van der Waals surface area contributed by atoms with Crippen LogP contribution in [0.1, 0.15) is 26.7 Å². The van der Waals surface area contributed by atoms with Gasteiger partial charge in [-0.05, 0) is 13.8 Å². The van der Waals surface area contributed by atoms with E-state index in [0.717, 1.165) is 0 Å². The molecule has 2 fully saturated rings. The SMILES string of the molecule is CNC(=O)C1CC(=O)N(C2CN(C(=O)CC(C)(C)C#N)C2)C1. The molecule has 0 aromatic carbocycles. The summed E-state index contributed by atoms with van der Waals surface area (Å²) in [6.45, 7) is 4.88. The van der Waals surface area contributed by atoms with Crippen molar-refractivity contribution in [3.05, 3.63) is 0 Å².